The van der Waals surface area contributed by atoms with Crippen LogP contribution in [0.5, 0.6) is 11.5 Å². The van der Waals surface area contributed by atoms with Crippen molar-refractivity contribution in [3.63, 3.8) is 0 Å². The predicted octanol–water partition coefficient (Wildman–Crippen LogP) is 3.78. The van der Waals surface area contributed by atoms with Crippen LogP contribution in [0.1, 0.15) is 22.8 Å². The number of benzene rings is 2. The lowest BCUT2D eigenvalue weighted by Crippen LogP contribution is -2.07. The molecule has 124 valence electrons. The second kappa shape index (κ2) is 8.33. The van der Waals surface area contributed by atoms with Gasteiger partial charge >= 0.3 is 0 Å². The van der Waals surface area contributed by atoms with Crippen LogP contribution in [0.15, 0.2) is 54.1 Å². The number of hydrogen-bond donors (Lipinski definition) is 0. The molecule has 0 aliphatic heterocycles. The van der Waals surface area contributed by atoms with Gasteiger partial charge in [-0.3, -0.25) is 4.79 Å². The van der Waals surface area contributed by atoms with Crippen LogP contribution in [-0.4, -0.2) is 19.0 Å². The van der Waals surface area contributed by atoms with Crippen LogP contribution in [0.3, 0.4) is 0 Å². The summed E-state index contributed by atoms with van der Waals surface area (Å²) in [5.74, 6) is 0.557. The Hall–Kier alpha value is -3.57. The minimum atomic E-state index is -0.553. The Morgan fingerprint density at radius 1 is 1.12 bits per heavy atom. The van der Waals surface area contributed by atoms with E-state index in [9.17, 15) is 10.1 Å². The minimum Gasteiger partial charge on any atom is -0.496 e. The summed E-state index contributed by atoms with van der Waals surface area (Å²) in [6, 6.07) is 17.5. The summed E-state index contributed by atoms with van der Waals surface area (Å²) in [6.45, 7) is 1.65. The van der Waals surface area contributed by atoms with E-state index in [2.05, 4.69) is 0 Å². The number of nitriles is 2. The Morgan fingerprint density at radius 2 is 1.80 bits per heavy atom. The highest BCUT2D eigenvalue weighted by molar-refractivity contribution is 6.15. The van der Waals surface area contributed by atoms with Gasteiger partial charge in [-0.15, -0.1) is 0 Å². The quantitative estimate of drug-likeness (QED) is 0.457. The maximum absolute atomic E-state index is 12.6. The topological polar surface area (TPSA) is 83.1 Å². The van der Waals surface area contributed by atoms with Crippen molar-refractivity contribution in [1.82, 2.24) is 0 Å². The molecule has 2 rings (SSSR count). The molecule has 0 saturated carbocycles. The summed E-state index contributed by atoms with van der Waals surface area (Å²) in [7, 11) is 1.48. The first-order chi connectivity index (χ1) is 12.1. The number of nitrogens with zero attached hydrogens (tertiary/aromatic N) is 2. The van der Waals surface area contributed by atoms with Gasteiger partial charge in [0.15, 0.2) is 6.10 Å². The zero-order valence-corrected chi connectivity index (χ0v) is 13.9. The summed E-state index contributed by atoms with van der Waals surface area (Å²) in [4.78, 5) is 12.6. The normalized spacial score (nSPS) is 11.8. The van der Waals surface area contributed by atoms with Crippen LogP contribution >= 0.6 is 0 Å². The van der Waals surface area contributed by atoms with Crippen LogP contribution in [0, 0.1) is 22.7 Å². The van der Waals surface area contributed by atoms with E-state index in [-0.39, 0.29) is 5.57 Å². The second-order valence-corrected chi connectivity index (χ2v) is 5.16. The number of hydrogen-bond acceptors (Lipinski definition) is 5. The van der Waals surface area contributed by atoms with Gasteiger partial charge in [0, 0.05) is 0 Å². The molecule has 5 heteroatoms. The fourth-order valence-corrected chi connectivity index (χ4v) is 2.17. The monoisotopic (exact) mass is 332 g/mol. The number of allylic oxidation sites excluding steroid dienone is 1. The highest BCUT2D eigenvalue weighted by Crippen LogP contribution is 2.22. The average Bonchev–Trinajstić information content (AvgIpc) is 2.66. The molecular formula is C20H16N2O3. The van der Waals surface area contributed by atoms with Gasteiger partial charge in [-0.1, -0.05) is 24.3 Å². The number of ether oxygens (including phenoxy) is 2. The van der Waals surface area contributed by atoms with Gasteiger partial charge in [0.2, 0.25) is 5.78 Å². The first-order valence-corrected chi connectivity index (χ1v) is 7.55. The molecular weight excluding hydrogens is 316 g/mol. The van der Waals surface area contributed by atoms with Crippen LogP contribution in [0.25, 0.3) is 6.08 Å². The molecule has 0 heterocycles. The molecule has 2 aromatic rings. The van der Waals surface area contributed by atoms with E-state index in [1.807, 2.05) is 12.1 Å². The molecule has 5 nitrogen and oxygen atoms in total. The lowest BCUT2D eigenvalue weighted by molar-refractivity contribution is 0.103. The standard InChI is InChI=1S/C20H16N2O3/c1-14(12-21)25-17-9-7-15(8-10-17)11-16(13-22)20(23)18-5-3-4-6-19(18)24-2/h3-11,14H,1-2H3/b16-11-. The number of carbonyl (C=O) groups excluding carboxylic acids is 1. The van der Waals surface area contributed by atoms with Crippen LogP contribution in [0.4, 0.5) is 0 Å². The first kappa shape index (κ1) is 17.8. The lowest BCUT2D eigenvalue weighted by Gasteiger charge is -2.08. The van der Waals surface area contributed by atoms with E-state index in [0.717, 1.165) is 0 Å². The van der Waals surface area contributed by atoms with Crippen molar-refractivity contribution in [1.29, 1.82) is 10.5 Å². The summed E-state index contributed by atoms with van der Waals surface area (Å²) >= 11 is 0. The first-order valence-electron chi connectivity index (χ1n) is 7.55. The van der Waals surface area contributed by atoms with E-state index in [0.29, 0.717) is 22.6 Å². The lowest BCUT2D eigenvalue weighted by atomic mass is 10.0. The molecule has 0 spiro atoms. The molecule has 1 atom stereocenters. The van der Waals surface area contributed by atoms with E-state index < -0.39 is 11.9 Å². The Kier molecular flexibility index (Phi) is 5.92. The molecule has 0 aliphatic carbocycles. The molecule has 0 fully saturated rings. The molecule has 0 radical (unpaired) electrons. The molecule has 0 saturated heterocycles. The van der Waals surface area contributed by atoms with Gasteiger partial charge in [-0.25, -0.2) is 0 Å². The van der Waals surface area contributed by atoms with E-state index >= 15 is 0 Å². The third-order valence-corrected chi connectivity index (χ3v) is 3.40. The fourth-order valence-electron chi connectivity index (χ4n) is 2.17. The number of ketones is 1. The maximum atomic E-state index is 12.6. The smallest absolute Gasteiger partial charge is 0.207 e. The van der Waals surface area contributed by atoms with Gasteiger partial charge in [-0.2, -0.15) is 10.5 Å². The molecule has 0 bridgehead atoms. The highest BCUT2D eigenvalue weighted by atomic mass is 16.5. The molecule has 0 N–H and O–H groups in total. The van der Waals surface area contributed by atoms with Crippen molar-refractivity contribution in [3.05, 3.63) is 65.2 Å². The van der Waals surface area contributed by atoms with E-state index in [1.54, 1.807) is 55.5 Å². The van der Waals surface area contributed by atoms with Crippen molar-refractivity contribution in [2.45, 2.75) is 13.0 Å². The Labute approximate surface area is 146 Å². The summed E-state index contributed by atoms with van der Waals surface area (Å²) < 4.78 is 10.5. The molecule has 0 aliphatic rings. The SMILES string of the molecule is COc1ccccc1C(=O)/C(C#N)=C\c1ccc(OC(C)C#N)cc1. The minimum absolute atomic E-state index is 0.00330. The average molecular weight is 332 g/mol. The number of carbonyl (C=O) groups is 1. The van der Waals surface area contributed by atoms with Gasteiger partial charge < -0.3 is 9.47 Å². The maximum Gasteiger partial charge on any atom is 0.207 e. The molecule has 0 amide bonds. The number of methoxy groups -OCH3 is 1. The van der Waals surface area contributed by atoms with Crippen LogP contribution in [0.2, 0.25) is 0 Å². The molecule has 25 heavy (non-hydrogen) atoms. The zero-order valence-electron chi connectivity index (χ0n) is 13.9. The third-order valence-electron chi connectivity index (χ3n) is 3.40. The highest BCUT2D eigenvalue weighted by Gasteiger charge is 2.16. The van der Waals surface area contributed by atoms with Gasteiger partial charge in [0.05, 0.1) is 12.7 Å². The summed E-state index contributed by atoms with van der Waals surface area (Å²) in [5, 5.41) is 18.1. The predicted molar refractivity (Wildman–Crippen MR) is 93.1 cm³/mol. The van der Waals surface area contributed by atoms with Gasteiger partial charge in [-0.05, 0) is 42.8 Å². The summed E-state index contributed by atoms with van der Waals surface area (Å²) in [5.41, 5.74) is 1.01. The van der Waals surface area contributed by atoms with Crippen molar-refractivity contribution < 1.29 is 14.3 Å². The molecule has 2 aromatic carbocycles. The van der Waals surface area contributed by atoms with Gasteiger partial charge in [0.25, 0.3) is 0 Å². The fraction of sp³-hybridized carbons (Fsp3) is 0.150. The Morgan fingerprint density at radius 3 is 2.40 bits per heavy atom. The van der Waals surface area contributed by atoms with Crippen molar-refractivity contribution >= 4 is 11.9 Å². The number of para-hydroxylation sites is 1. The zero-order chi connectivity index (χ0) is 18.2. The second-order valence-electron chi connectivity index (χ2n) is 5.16. The van der Waals surface area contributed by atoms with E-state index in [4.69, 9.17) is 14.7 Å². The number of Topliss-reactive ketones (excluding diaryl/α,β-unsaturated/α-hetero) is 1. The van der Waals surface area contributed by atoms with Crippen molar-refractivity contribution in [2.75, 3.05) is 7.11 Å². The Balaban J connectivity index is 2.27. The molecule has 1 unspecified atom stereocenters. The largest absolute Gasteiger partial charge is 0.496 e. The van der Waals surface area contributed by atoms with Crippen LogP contribution in [-0.2, 0) is 0 Å². The molecule has 0 aromatic heterocycles. The summed E-state index contributed by atoms with van der Waals surface area (Å²) in [6.07, 6.45) is 0.954. The van der Waals surface area contributed by atoms with Crippen LogP contribution < -0.4 is 9.47 Å². The third kappa shape index (κ3) is 4.46. The van der Waals surface area contributed by atoms with Crippen molar-refractivity contribution in [3.8, 4) is 23.6 Å². The van der Waals surface area contributed by atoms with Crippen molar-refractivity contribution in [2.24, 2.45) is 0 Å². The van der Waals surface area contributed by atoms with Gasteiger partial charge in [0.1, 0.15) is 29.2 Å². The Bertz CT molecular complexity index is 871. The number of rotatable bonds is 6. The van der Waals surface area contributed by atoms with E-state index in [1.165, 1.54) is 13.2 Å².